The zero-order valence-electron chi connectivity index (χ0n) is 14.2. The molecule has 1 aliphatic rings. The maximum Gasteiger partial charge on any atom is 0.226 e. The number of fused-ring (bicyclic) bond motifs is 1. The Morgan fingerprint density at radius 1 is 1.17 bits per heavy atom. The van der Waals surface area contributed by atoms with E-state index < -0.39 is 6.10 Å². The quantitative estimate of drug-likeness (QED) is 0.944. The predicted molar refractivity (Wildman–Crippen MR) is 95.7 cm³/mol. The second kappa shape index (κ2) is 7.05. The second-order valence-corrected chi connectivity index (χ2v) is 6.51. The van der Waals surface area contributed by atoms with Crippen molar-refractivity contribution in [1.82, 2.24) is 4.90 Å². The summed E-state index contributed by atoms with van der Waals surface area (Å²) < 4.78 is 0. The van der Waals surface area contributed by atoms with Gasteiger partial charge in [0.2, 0.25) is 5.91 Å². The fourth-order valence-corrected chi connectivity index (χ4v) is 3.36. The number of rotatable bonds is 3. The lowest BCUT2D eigenvalue weighted by molar-refractivity contribution is -0.135. The summed E-state index contributed by atoms with van der Waals surface area (Å²) in [6.07, 6.45) is -0.651. The number of benzene rings is 2. The fraction of sp³-hybridized carbons (Fsp3) is 0.350. The summed E-state index contributed by atoms with van der Waals surface area (Å²) in [7, 11) is 2.06. The summed E-state index contributed by atoms with van der Waals surface area (Å²) in [5.74, 6) is -0.0102. The van der Waals surface area contributed by atoms with E-state index in [-0.39, 0.29) is 18.4 Å². The van der Waals surface area contributed by atoms with E-state index >= 15 is 0 Å². The van der Waals surface area contributed by atoms with Gasteiger partial charge in [0.05, 0.1) is 12.5 Å². The number of hydrogen-bond acceptors (Lipinski definition) is 3. The van der Waals surface area contributed by atoms with Crippen molar-refractivity contribution in [2.24, 2.45) is 0 Å². The third kappa shape index (κ3) is 3.44. The van der Waals surface area contributed by atoms with Crippen LogP contribution >= 0.6 is 0 Å². The van der Waals surface area contributed by atoms with Crippen molar-refractivity contribution in [3.63, 3.8) is 0 Å². The van der Waals surface area contributed by atoms with Gasteiger partial charge in [-0.15, -0.1) is 0 Å². The molecule has 2 aromatic carbocycles. The number of anilines is 1. The third-order valence-electron chi connectivity index (χ3n) is 4.69. The molecule has 1 N–H and O–H groups in total. The van der Waals surface area contributed by atoms with Gasteiger partial charge in [0.25, 0.3) is 0 Å². The molecule has 4 nitrogen and oxygen atoms in total. The van der Waals surface area contributed by atoms with E-state index in [4.69, 9.17) is 0 Å². The third-order valence-corrected chi connectivity index (χ3v) is 4.69. The number of para-hydroxylation sites is 1. The average Bonchev–Trinajstić information content (AvgIpc) is 2.72. The van der Waals surface area contributed by atoms with Gasteiger partial charge in [0.1, 0.15) is 0 Å². The van der Waals surface area contributed by atoms with Crippen molar-refractivity contribution in [3.05, 3.63) is 65.7 Å². The van der Waals surface area contributed by atoms with Gasteiger partial charge in [-0.3, -0.25) is 4.79 Å². The minimum Gasteiger partial charge on any atom is -0.388 e. The highest BCUT2D eigenvalue weighted by Gasteiger charge is 2.28. The molecule has 3 rings (SSSR count). The average molecular weight is 324 g/mol. The van der Waals surface area contributed by atoms with Gasteiger partial charge in [0, 0.05) is 31.9 Å². The van der Waals surface area contributed by atoms with E-state index in [0.29, 0.717) is 6.54 Å². The van der Waals surface area contributed by atoms with Gasteiger partial charge in [-0.05, 0) is 24.1 Å². The van der Waals surface area contributed by atoms with Crippen molar-refractivity contribution < 1.29 is 9.90 Å². The maximum atomic E-state index is 12.8. The SMILES string of the molecule is CC1CN(C)c2ccccc2CN1C(=O)CC(O)c1ccccc1. The van der Waals surface area contributed by atoms with Gasteiger partial charge >= 0.3 is 0 Å². The van der Waals surface area contributed by atoms with Crippen molar-refractivity contribution in [3.8, 4) is 0 Å². The molecule has 4 heteroatoms. The molecular weight excluding hydrogens is 300 g/mol. The number of aliphatic hydroxyl groups is 1. The van der Waals surface area contributed by atoms with E-state index in [9.17, 15) is 9.90 Å². The Labute approximate surface area is 143 Å². The van der Waals surface area contributed by atoms with Crippen molar-refractivity contribution in [1.29, 1.82) is 0 Å². The molecule has 0 saturated heterocycles. The van der Waals surface area contributed by atoms with Crippen molar-refractivity contribution in [2.45, 2.75) is 32.0 Å². The topological polar surface area (TPSA) is 43.8 Å². The van der Waals surface area contributed by atoms with Crippen LogP contribution in [0.1, 0.15) is 30.6 Å². The fourth-order valence-electron chi connectivity index (χ4n) is 3.36. The van der Waals surface area contributed by atoms with Crippen LogP contribution in [0.25, 0.3) is 0 Å². The van der Waals surface area contributed by atoms with Gasteiger partial charge in [-0.1, -0.05) is 48.5 Å². The molecular formula is C20H24N2O2. The number of hydrogen-bond donors (Lipinski definition) is 1. The summed E-state index contributed by atoms with van der Waals surface area (Å²) in [4.78, 5) is 16.9. The summed E-state index contributed by atoms with van der Waals surface area (Å²) >= 11 is 0. The van der Waals surface area contributed by atoms with E-state index in [2.05, 4.69) is 31.0 Å². The van der Waals surface area contributed by atoms with Crippen LogP contribution in [0.4, 0.5) is 5.69 Å². The predicted octanol–water partition coefficient (Wildman–Crippen LogP) is 2.98. The molecule has 126 valence electrons. The van der Waals surface area contributed by atoms with Gasteiger partial charge in [0.15, 0.2) is 0 Å². The van der Waals surface area contributed by atoms with Crippen LogP contribution in [0.3, 0.4) is 0 Å². The van der Waals surface area contributed by atoms with Crippen LogP contribution in [0.5, 0.6) is 0 Å². The summed E-state index contributed by atoms with van der Waals surface area (Å²) in [5, 5.41) is 10.4. The van der Waals surface area contributed by atoms with Crippen molar-refractivity contribution in [2.75, 3.05) is 18.5 Å². The summed E-state index contributed by atoms with van der Waals surface area (Å²) in [5.41, 5.74) is 3.10. The monoisotopic (exact) mass is 324 g/mol. The molecule has 2 atom stereocenters. The molecule has 2 unspecified atom stereocenters. The molecule has 1 aliphatic heterocycles. The van der Waals surface area contributed by atoms with Gasteiger partial charge in [-0.2, -0.15) is 0 Å². The number of carbonyl (C=O) groups excluding carboxylic acids is 1. The molecule has 0 fully saturated rings. The Bertz CT molecular complexity index is 702. The minimum absolute atomic E-state index is 0.0102. The van der Waals surface area contributed by atoms with Crippen LogP contribution in [0.2, 0.25) is 0 Å². The standard InChI is InChI=1S/C20H24N2O2/c1-15-13-21(2)18-11-7-6-10-17(18)14-22(15)20(24)12-19(23)16-8-4-3-5-9-16/h3-11,15,19,23H,12-14H2,1-2H3. The normalized spacial score (nSPS) is 18.7. The molecule has 0 bridgehead atoms. The smallest absolute Gasteiger partial charge is 0.226 e. The van der Waals surface area contributed by atoms with Crippen LogP contribution in [-0.4, -0.2) is 35.5 Å². The number of nitrogens with zero attached hydrogens (tertiary/aromatic N) is 2. The lowest BCUT2D eigenvalue weighted by atomic mass is 10.1. The Kier molecular flexibility index (Phi) is 4.86. The molecule has 2 aromatic rings. The molecule has 0 radical (unpaired) electrons. The first-order valence-electron chi connectivity index (χ1n) is 8.38. The highest BCUT2D eigenvalue weighted by molar-refractivity contribution is 5.78. The Hall–Kier alpha value is -2.33. The number of amides is 1. The summed E-state index contributed by atoms with van der Waals surface area (Å²) in [6.45, 7) is 3.43. The molecule has 0 aromatic heterocycles. The number of carbonyl (C=O) groups is 1. The molecule has 0 spiro atoms. The van der Waals surface area contributed by atoms with Crippen LogP contribution in [0.15, 0.2) is 54.6 Å². The van der Waals surface area contributed by atoms with Crippen LogP contribution < -0.4 is 4.90 Å². The highest BCUT2D eigenvalue weighted by atomic mass is 16.3. The first-order valence-corrected chi connectivity index (χ1v) is 8.38. The first kappa shape index (κ1) is 16.5. The Morgan fingerprint density at radius 2 is 1.83 bits per heavy atom. The van der Waals surface area contributed by atoms with Crippen LogP contribution in [0, 0.1) is 0 Å². The largest absolute Gasteiger partial charge is 0.388 e. The summed E-state index contributed by atoms with van der Waals surface area (Å²) in [6, 6.07) is 17.7. The minimum atomic E-state index is -0.762. The van der Waals surface area contributed by atoms with E-state index in [0.717, 1.165) is 17.7 Å². The molecule has 24 heavy (non-hydrogen) atoms. The number of likely N-dealkylation sites (N-methyl/N-ethyl adjacent to an activating group) is 1. The number of aliphatic hydroxyl groups excluding tert-OH is 1. The zero-order chi connectivity index (χ0) is 17.1. The molecule has 1 heterocycles. The van der Waals surface area contributed by atoms with Gasteiger partial charge in [-0.25, -0.2) is 0 Å². The second-order valence-electron chi connectivity index (χ2n) is 6.51. The molecule has 0 saturated carbocycles. The Morgan fingerprint density at radius 3 is 2.58 bits per heavy atom. The lowest BCUT2D eigenvalue weighted by Gasteiger charge is -2.29. The van der Waals surface area contributed by atoms with E-state index in [1.165, 1.54) is 5.69 Å². The highest BCUT2D eigenvalue weighted by Crippen LogP contribution is 2.27. The van der Waals surface area contributed by atoms with Crippen molar-refractivity contribution >= 4 is 11.6 Å². The Balaban J connectivity index is 1.77. The maximum absolute atomic E-state index is 12.8. The van der Waals surface area contributed by atoms with Crippen LogP contribution in [-0.2, 0) is 11.3 Å². The van der Waals surface area contributed by atoms with E-state index in [1.54, 1.807) is 0 Å². The zero-order valence-corrected chi connectivity index (χ0v) is 14.2. The lowest BCUT2D eigenvalue weighted by Crippen LogP contribution is -2.42. The first-order chi connectivity index (χ1) is 11.6. The van der Waals surface area contributed by atoms with Gasteiger partial charge < -0.3 is 14.9 Å². The molecule has 1 amide bonds. The molecule has 0 aliphatic carbocycles. The van der Waals surface area contributed by atoms with E-state index in [1.807, 2.05) is 47.4 Å².